The molecule has 0 aliphatic heterocycles. The molecule has 0 aromatic heterocycles. The number of amides is 1. The summed E-state index contributed by atoms with van der Waals surface area (Å²) >= 11 is 0. The Bertz CT molecular complexity index is 430. The van der Waals surface area contributed by atoms with Crippen LogP contribution in [0.1, 0.15) is 18.1 Å². The lowest BCUT2D eigenvalue weighted by atomic mass is 10.1. The SMILES string of the molecule is Cc1ccc(C)c(O[C@@H](C)C(=O)NCCN(C)C)c1. The van der Waals surface area contributed by atoms with Crippen molar-refractivity contribution in [3.05, 3.63) is 29.3 Å². The third kappa shape index (κ3) is 5.30. The van der Waals surface area contributed by atoms with E-state index in [1.807, 2.05) is 51.0 Å². The highest BCUT2D eigenvalue weighted by atomic mass is 16.5. The molecule has 1 N–H and O–H groups in total. The van der Waals surface area contributed by atoms with Gasteiger partial charge in [-0.25, -0.2) is 0 Å². The summed E-state index contributed by atoms with van der Waals surface area (Å²) in [5, 5.41) is 2.86. The summed E-state index contributed by atoms with van der Waals surface area (Å²) in [5.74, 6) is 0.693. The van der Waals surface area contributed by atoms with Crippen molar-refractivity contribution in [3.8, 4) is 5.75 Å². The van der Waals surface area contributed by atoms with Crippen molar-refractivity contribution in [1.82, 2.24) is 10.2 Å². The Morgan fingerprint density at radius 1 is 1.37 bits per heavy atom. The smallest absolute Gasteiger partial charge is 0.260 e. The van der Waals surface area contributed by atoms with Gasteiger partial charge in [0.05, 0.1) is 0 Å². The van der Waals surface area contributed by atoms with Gasteiger partial charge in [0.2, 0.25) is 0 Å². The molecule has 0 saturated heterocycles. The van der Waals surface area contributed by atoms with Crippen LogP contribution in [0, 0.1) is 13.8 Å². The first-order valence-electron chi connectivity index (χ1n) is 6.56. The highest BCUT2D eigenvalue weighted by Crippen LogP contribution is 2.20. The quantitative estimate of drug-likeness (QED) is 0.851. The highest BCUT2D eigenvalue weighted by molar-refractivity contribution is 5.80. The maximum Gasteiger partial charge on any atom is 0.260 e. The lowest BCUT2D eigenvalue weighted by Crippen LogP contribution is -2.39. The minimum Gasteiger partial charge on any atom is -0.481 e. The van der Waals surface area contributed by atoms with Crippen molar-refractivity contribution in [2.75, 3.05) is 27.2 Å². The van der Waals surface area contributed by atoms with Crippen LogP contribution >= 0.6 is 0 Å². The number of hydrogen-bond donors (Lipinski definition) is 1. The van der Waals surface area contributed by atoms with Crippen molar-refractivity contribution in [2.45, 2.75) is 26.9 Å². The molecule has 1 atom stereocenters. The number of likely N-dealkylation sites (N-methyl/N-ethyl adjacent to an activating group) is 1. The van der Waals surface area contributed by atoms with Gasteiger partial charge in [0, 0.05) is 13.1 Å². The molecule has 0 bridgehead atoms. The van der Waals surface area contributed by atoms with Crippen LogP contribution in [0.25, 0.3) is 0 Å². The molecule has 4 nitrogen and oxygen atoms in total. The summed E-state index contributed by atoms with van der Waals surface area (Å²) < 4.78 is 5.72. The molecule has 4 heteroatoms. The minimum absolute atomic E-state index is 0.0808. The third-order valence-electron chi connectivity index (χ3n) is 2.87. The summed E-state index contributed by atoms with van der Waals surface area (Å²) in [6.07, 6.45) is -0.484. The van der Waals surface area contributed by atoms with Gasteiger partial charge in [-0.05, 0) is 52.1 Å². The molecule has 0 spiro atoms. The van der Waals surface area contributed by atoms with E-state index in [2.05, 4.69) is 5.32 Å². The molecule has 0 aliphatic rings. The van der Waals surface area contributed by atoms with Crippen molar-refractivity contribution in [1.29, 1.82) is 0 Å². The highest BCUT2D eigenvalue weighted by Gasteiger charge is 2.15. The van der Waals surface area contributed by atoms with Crippen LogP contribution in [0.15, 0.2) is 18.2 Å². The predicted molar refractivity (Wildman–Crippen MR) is 77.6 cm³/mol. The fourth-order valence-corrected chi connectivity index (χ4v) is 1.62. The van der Waals surface area contributed by atoms with Crippen molar-refractivity contribution in [2.24, 2.45) is 0 Å². The van der Waals surface area contributed by atoms with Gasteiger partial charge in [-0.3, -0.25) is 4.79 Å². The van der Waals surface area contributed by atoms with Gasteiger partial charge in [0.15, 0.2) is 6.10 Å². The van der Waals surface area contributed by atoms with Gasteiger partial charge >= 0.3 is 0 Å². The van der Waals surface area contributed by atoms with Crippen LogP contribution in [-0.4, -0.2) is 44.1 Å². The number of nitrogens with zero attached hydrogens (tertiary/aromatic N) is 1. The van der Waals surface area contributed by atoms with Crippen LogP contribution in [0.5, 0.6) is 5.75 Å². The number of nitrogens with one attached hydrogen (secondary N) is 1. The minimum atomic E-state index is -0.484. The van der Waals surface area contributed by atoms with E-state index >= 15 is 0 Å². The van der Waals surface area contributed by atoms with E-state index in [1.165, 1.54) is 0 Å². The van der Waals surface area contributed by atoms with Gasteiger partial charge in [-0.15, -0.1) is 0 Å². The van der Waals surface area contributed by atoms with Gasteiger partial charge < -0.3 is 15.0 Å². The monoisotopic (exact) mass is 264 g/mol. The molecule has 0 unspecified atom stereocenters. The van der Waals surface area contributed by atoms with E-state index < -0.39 is 6.10 Å². The van der Waals surface area contributed by atoms with Crippen LogP contribution in [0.3, 0.4) is 0 Å². The van der Waals surface area contributed by atoms with E-state index in [0.29, 0.717) is 6.54 Å². The number of aryl methyl sites for hydroxylation is 2. The summed E-state index contributed by atoms with van der Waals surface area (Å²) in [6.45, 7) is 7.21. The summed E-state index contributed by atoms with van der Waals surface area (Å²) in [7, 11) is 3.95. The summed E-state index contributed by atoms with van der Waals surface area (Å²) in [5.41, 5.74) is 2.17. The molecule has 0 heterocycles. The van der Waals surface area contributed by atoms with Crippen LogP contribution < -0.4 is 10.1 Å². The van der Waals surface area contributed by atoms with Crippen molar-refractivity contribution < 1.29 is 9.53 Å². The first kappa shape index (κ1) is 15.5. The average molecular weight is 264 g/mol. The molecule has 1 rings (SSSR count). The molecule has 1 aromatic carbocycles. The molecule has 0 aliphatic carbocycles. The van der Waals surface area contributed by atoms with E-state index in [4.69, 9.17) is 4.74 Å². The Balaban J connectivity index is 2.51. The maximum absolute atomic E-state index is 11.9. The number of benzene rings is 1. The zero-order valence-electron chi connectivity index (χ0n) is 12.5. The number of carbonyl (C=O) groups excluding carboxylic acids is 1. The number of hydrogen-bond acceptors (Lipinski definition) is 3. The van der Waals surface area contributed by atoms with Crippen molar-refractivity contribution in [3.63, 3.8) is 0 Å². The Hall–Kier alpha value is -1.55. The van der Waals surface area contributed by atoms with E-state index in [-0.39, 0.29) is 5.91 Å². The largest absolute Gasteiger partial charge is 0.481 e. The Labute approximate surface area is 115 Å². The molecule has 0 radical (unpaired) electrons. The molecule has 0 fully saturated rings. The van der Waals surface area contributed by atoms with Gasteiger partial charge in [-0.2, -0.15) is 0 Å². The second-order valence-corrected chi connectivity index (χ2v) is 5.12. The summed E-state index contributed by atoms with van der Waals surface area (Å²) in [4.78, 5) is 13.9. The number of rotatable bonds is 6. The normalized spacial score (nSPS) is 12.3. The second-order valence-electron chi connectivity index (χ2n) is 5.12. The van der Waals surface area contributed by atoms with Crippen molar-refractivity contribution >= 4 is 5.91 Å². The number of carbonyl (C=O) groups is 1. The zero-order chi connectivity index (χ0) is 14.4. The molecule has 0 saturated carbocycles. The van der Waals surface area contributed by atoms with E-state index in [9.17, 15) is 4.79 Å². The number of ether oxygens (including phenoxy) is 1. The van der Waals surface area contributed by atoms with Crippen LogP contribution in [0.2, 0.25) is 0 Å². The molecule has 1 amide bonds. The maximum atomic E-state index is 11.9. The Morgan fingerprint density at radius 2 is 2.05 bits per heavy atom. The fourth-order valence-electron chi connectivity index (χ4n) is 1.62. The molecule has 106 valence electrons. The summed E-state index contributed by atoms with van der Waals surface area (Å²) in [6, 6.07) is 5.99. The van der Waals surface area contributed by atoms with E-state index in [0.717, 1.165) is 23.4 Å². The second kappa shape index (κ2) is 7.14. The van der Waals surface area contributed by atoms with E-state index in [1.54, 1.807) is 6.92 Å². The Morgan fingerprint density at radius 3 is 2.68 bits per heavy atom. The molecular formula is C15H24N2O2. The van der Waals surface area contributed by atoms with Gasteiger partial charge in [-0.1, -0.05) is 12.1 Å². The predicted octanol–water partition coefficient (Wildman–Crippen LogP) is 1.75. The fraction of sp³-hybridized carbons (Fsp3) is 0.533. The third-order valence-corrected chi connectivity index (χ3v) is 2.87. The standard InChI is InChI=1S/C15H24N2O2/c1-11-6-7-12(2)14(10-11)19-13(3)15(18)16-8-9-17(4)5/h6-7,10,13H,8-9H2,1-5H3,(H,16,18)/t13-/m0/s1. The average Bonchev–Trinajstić information content (AvgIpc) is 2.33. The first-order chi connectivity index (χ1) is 8.90. The topological polar surface area (TPSA) is 41.6 Å². The Kier molecular flexibility index (Phi) is 5.83. The van der Waals surface area contributed by atoms with Crippen LogP contribution in [0.4, 0.5) is 0 Å². The van der Waals surface area contributed by atoms with Gasteiger partial charge in [0.25, 0.3) is 5.91 Å². The van der Waals surface area contributed by atoms with Crippen LogP contribution in [-0.2, 0) is 4.79 Å². The zero-order valence-corrected chi connectivity index (χ0v) is 12.5. The molecular weight excluding hydrogens is 240 g/mol. The lowest BCUT2D eigenvalue weighted by molar-refractivity contribution is -0.127. The molecule has 19 heavy (non-hydrogen) atoms. The first-order valence-corrected chi connectivity index (χ1v) is 6.56. The lowest BCUT2D eigenvalue weighted by Gasteiger charge is -2.17. The molecule has 1 aromatic rings. The van der Waals surface area contributed by atoms with Gasteiger partial charge in [0.1, 0.15) is 5.75 Å².